The molecule has 1 aliphatic heterocycles. The van der Waals surface area contributed by atoms with Crippen LogP contribution in [-0.2, 0) is 14.3 Å². The van der Waals surface area contributed by atoms with E-state index < -0.39 is 0 Å². The summed E-state index contributed by atoms with van der Waals surface area (Å²) in [6.07, 6.45) is 12.8. The van der Waals surface area contributed by atoms with Crippen LogP contribution < -0.4 is 5.32 Å². The van der Waals surface area contributed by atoms with Crippen LogP contribution in [0.15, 0.2) is 0 Å². The number of rotatable bonds is 9. The Bertz CT molecular complexity index is 439. The van der Waals surface area contributed by atoms with E-state index in [1.807, 2.05) is 4.90 Å². The molecule has 1 N–H and O–H groups in total. The summed E-state index contributed by atoms with van der Waals surface area (Å²) < 4.78 is 5.04. The van der Waals surface area contributed by atoms with Crippen molar-refractivity contribution < 1.29 is 14.3 Å². The van der Waals surface area contributed by atoms with Gasteiger partial charge in [0.2, 0.25) is 11.8 Å². The molecule has 2 amide bonds. The number of nitrogens with zero attached hydrogens (tertiary/aromatic N) is 1. The van der Waals surface area contributed by atoms with Crippen LogP contribution in [0.2, 0.25) is 0 Å². The molecule has 0 spiro atoms. The van der Waals surface area contributed by atoms with Crippen LogP contribution in [0.5, 0.6) is 0 Å². The highest BCUT2D eigenvalue weighted by atomic mass is 16.5. The molecule has 2 aliphatic rings. The van der Waals surface area contributed by atoms with Crippen molar-refractivity contribution in [2.45, 2.75) is 90.0 Å². The van der Waals surface area contributed by atoms with Gasteiger partial charge in [0.1, 0.15) is 0 Å². The molecule has 2 rings (SSSR count). The van der Waals surface area contributed by atoms with E-state index in [9.17, 15) is 9.59 Å². The molecule has 0 aromatic carbocycles. The number of amides is 2. The molecule has 156 valence electrons. The molecule has 5 nitrogen and oxygen atoms in total. The smallest absolute Gasteiger partial charge is 0.222 e. The minimum absolute atomic E-state index is 0.210. The Balaban J connectivity index is 1.64. The van der Waals surface area contributed by atoms with Gasteiger partial charge in [-0.05, 0) is 57.3 Å². The van der Waals surface area contributed by atoms with E-state index in [1.165, 1.54) is 38.5 Å². The van der Waals surface area contributed by atoms with Crippen molar-refractivity contribution in [3.05, 3.63) is 0 Å². The van der Waals surface area contributed by atoms with Crippen LogP contribution in [-0.4, -0.2) is 49.6 Å². The van der Waals surface area contributed by atoms with Gasteiger partial charge in [0.15, 0.2) is 0 Å². The summed E-state index contributed by atoms with van der Waals surface area (Å²) in [6.45, 7) is 4.53. The molecule has 5 heteroatoms. The second-order valence-electron chi connectivity index (χ2n) is 8.59. The Morgan fingerprint density at radius 2 is 1.70 bits per heavy atom. The number of hydrogen-bond acceptors (Lipinski definition) is 3. The molecular weight excluding hydrogens is 340 g/mol. The van der Waals surface area contributed by atoms with Gasteiger partial charge >= 0.3 is 0 Å². The highest BCUT2D eigenvalue weighted by Gasteiger charge is 2.27. The molecule has 2 fully saturated rings. The molecule has 27 heavy (non-hydrogen) atoms. The zero-order valence-electron chi connectivity index (χ0n) is 17.5. The molecule has 0 radical (unpaired) electrons. The van der Waals surface area contributed by atoms with Gasteiger partial charge in [0, 0.05) is 45.7 Å². The standard InChI is InChI=1S/C22H40N2O3/c1-18(23-21(25)17-19-9-5-3-4-6-10-19)20-12-14-24(15-13-20)22(26)11-7-8-16-27-2/h18-20H,3-17H2,1-2H3,(H,23,25)/t18-/m1/s1. The topological polar surface area (TPSA) is 58.6 Å². The Hall–Kier alpha value is -1.10. The lowest BCUT2D eigenvalue weighted by Crippen LogP contribution is -2.45. The van der Waals surface area contributed by atoms with Crippen molar-refractivity contribution in [3.8, 4) is 0 Å². The SMILES string of the molecule is COCCCCC(=O)N1CCC([C@@H](C)NC(=O)CC2CCCCCC2)CC1. The highest BCUT2D eigenvalue weighted by molar-refractivity contribution is 5.77. The molecule has 0 aromatic rings. The van der Waals surface area contributed by atoms with E-state index in [1.54, 1.807) is 7.11 Å². The van der Waals surface area contributed by atoms with E-state index >= 15 is 0 Å². The second-order valence-corrected chi connectivity index (χ2v) is 8.59. The van der Waals surface area contributed by atoms with Gasteiger partial charge in [-0.2, -0.15) is 0 Å². The predicted molar refractivity (Wildman–Crippen MR) is 108 cm³/mol. The molecule has 0 aromatic heterocycles. The first-order valence-electron chi connectivity index (χ1n) is 11.2. The normalized spacial score (nSPS) is 20.9. The maximum Gasteiger partial charge on any atom is 0.222 e. The molecule has 0 unspecified atom stereocenters. The average Bonchev–Trinajstić information content (AvgIpc) is 2.93. The third kappa shape index (κ3) is 8.20. The molecular formula is C22H40N2O3. The largest absolute Gasteiger partial charge is 0.385 e. The molecule has 1 aliphatic carbocycles. The Labute approximate surface area is 165 Å². The number of carbonyl (C=O) groups is 2. The molecule has 1 saturated heterocycles. The highest BCUT2D eigenvalue weighted by Crippen LogP contribution is 2.26. The number of methoxy groups -OCH3 is 1. The maximum atomic E-state index is 12.4. The summed E-state index contributed by atoms with van der Waals surface area (Å²) in [5.74, 6) is 1.57. The van der Waals surface area contributed by atoms with Crippen LogP contribution in [0.3, 0.4) is 0 Å². The van der Waals surface area contributed by atoms with Crippen molar-refractivity contribution in [1.82, 2.24) is 10.2 Å². The van der Waals surface area contributed by atoms with E-state index in [0.717, 1.165) is 45.4 Å². The first-order valence-corrected chi connectivity index (χ1v) is 11.2. The summed E-state index contributed by atoms with van der Waals surface area (Å²) in [4.78, 5) is 26.7. The zero-order chi connectivity index (χ0) is 19.5. The summed E-state index contributed by atoms with van der Waals surface area (Å²) in [7, 11) is 1.70. The molecule has 1 saturated carbocycles. The molecule has 1 heterocycles. The third-order valence-electron chi connectivity index (χ3n) is 6.43. The fourth-order valence-corrected chi connectivity index (χ4v) is 4.59. The van der Waals surface area contributed by atoms with Crippen LogP contribution in [0.1, 0.15) is 84.0 Å². The third-order valence-corrected chi connectivity index (χ3v) is 6.43. The van der Waals surface area contributed by atoms with Gasteiger partial charge in [-0.1, -0.05) is 25.7 Å². The first kappa shape index (κ1) is 22.2. The van der Waals surface area contributed by atoms with Crippen LogP contribution in [0, 0.1) is 11.8 Å². The van der Waals surface area contributed by atoms with Crippen molar-refractivity contribution in [1.29, 1.82) is 0 Å². The Morgan fingerprint density at radius 3 is 2.33 bits per heavy atom. The van der Waals surface area contributed by atoms with E-state index in [-0.39, 0.29) is 17.9 Å². The summed E-state index contributed by atoms with van der Waals surface area (Å²) >= 11 is 0. The Kier molecular flexibility index (Phi) is 10.2. The number of ether oxygens (including phenoxy) is 1. The summed E-state index contributed by atoms with van der Waals surface area (Å²) in [6, 6.07) is 0.210. The lowest BCUT2D eigenvalue weighted by atomic mass is 9.89. The van der Waals surface area contributed by atoms with Gasteiger partial charge in [-0.25, -0.2) is 0 Å². The second kappa shape index (κ2) is 12.4. The fraction of sp³-hybridized carbons (Fsp3) is 0.909. The number of piperidine rings is 1. The minimum Gasteiger partial charge on any atom is -0.385 e. The van der Waals surface area contributed by atoms with Gasteiger partial charge in [0.05, 0.1) is 0 Å². The van der Waals surface area contributed by atoms with E-state index in [0.29, 0.717) is 24.7 Å². The van der Waals surface area contributed by atoms with Crippen molar-refractivity contribution in [2.75, 3.05) is 26.8 Å². The van der Waals surface area contributed by atoms with E-state index in [2.05, 4.69) is 12.2 Å². The number of hydrogen-bond donors (Lipinski definition) is 1. The van der Waals surface area contributed by atoms with Crippen LogP contribution in [0.25, 0.3) is 0 Å². The average molecular weight is 381 g/mol. The minimum atomic E-state index is 0.210. The fourth-order valence-electron chi connectivity index (χ4n) is 4.59. The quantitative estimate of drug-likeness (QED) is 0.487. The van der Waals surface area contributed by atoms with E-state index in [4.69, 9.17) is 4.74 Å². The molecule has 1 atom stereocenters. The van der Waals surface area contributed by atoms with Gasteiger partial charge in [-0.15, -0.1) is 0 Å². The first-order chi connectivity index (χ1) is 13.1. The summed E-state index contributed by atoms with van der Waals surface area (Å²) in [5.41, 5.74) is 0. The van der Waals surface area contributed by atoms with Crippen LogP contribution >= 0.6 is 0 Å². The van der Waals surface area contributed by atoms with Crippen molar-refractivity contribution in [3.63, 3.8) is 0 Å². The maximum absolute atomic E-state index is 12.4. The summed E-state index contributed by atoms with van der Waals surface area (Å²) in [5, 5.41) is 3.25. The number of nitrogens with one attached hydrogen (secondary N) is 1. The van der Waals surface area contributed by atoms with Gasteiger partial charge in [-0.3, -0.25) is 9.59 Å². The number of likely N-dealkylation sites (tertiary alicyclic amines) is 1. The van der Waals surface area contributed by atoms with Crippen molar-refractivity contribution >= 4 is 11.8 Å². The predicted octanol–water partition coefficient (Wildman–Crippen LogP) is 3.91. The monoisotopic (exact) mass is 380 g/mol. The lowest BCUT2D eigenvalue weighted by molar-refractivity contribution is -0.133. The lowest BCUT2D eigenvalue weighted by Gasteiger charge is -2.35. The number of unbranched alkanes of at least 4 members (excludes halogenated alkanes) is 1. The molecule has 0 bridgehead atoms. The van der Waals surface area contributed by atoms with Gasteiger partial charge < -0.3 is 15.0 Å². The zero-order valence-corrected chi connectivity index (χ0v) is 17.5. The van der Waals surface area contributed by atoms with Gasteiger partial charge in [0.25, 0.3) is 0 Å². The van der Waals surface area contributed by atoms with Crippen molar-refractivity contribution in [2.24, 2.45) is 11.8 Å². The Morgan fingerprint density at radius 1 is 1.04 bits per heavy atom. The number of carbonyl (C=O) groups excluding carboxylic acids is 2. The van der Waals surface area contributed by atoms with Crippen LogP contribution in [0.4, 0.5) is 0 Å².